The molecule has 0 amide bonds. The number of carboxylic acids is 1. The Bertz CT molecular complexity index is 588. The molecular formula is C15H18FN3O3. The smallest absolute Gasteiger partial charge is 0.317 e. The lowest BCUT2D eigenvalue weighted by molar-refractivity contribution is -0.138. The van der Waals surface area contributed by atoms with Crippen LogP contribution < -0.4 is 4.90 Å². The summed E-state index contributed by atoms with van der Waals surface area (Å²) in [6.45, 7) is 2.04. The number of halogens is 1. The van der Waals surface area contributed by atoms with Crippen molar-refractivity contribution in [1.29, 1.82) is 5.26 Å². The number of nitrogens with zero attached hydrogens (tertiary/aromatic N) is 3. The lowest BCUT2D eigenvalue weighted by Crippen LogP contribution is -2.47. The fourth-order valence-electron chi connectivity index (χ4n) is 2.57. The first-order valence-corrected chi connectivity index (χ1v) is 6.96. The number of morpholine rings is 1. The molecule has 118 valence electrons. The van der Waals surface area contributed by atoms with Gasteiger partial charge in [-0.1, -0.05) is 0 Å². The van der Waals surface area contributed by atoms with Crippen molar-refractivity contribution in [1.82, 2.24) is 4.90 Å². The van der Waals surface area contributed by atoms with Gasteiger partial charge in [-0.15, -0.1) is 0 Å². The van der Waals surface area contributed by atoms with Crippen molar-refractivity contribution in [3.05, 3.63) is 29.6 Å². The molecule has 0 aromatic heterocycles. The Hall–Kier alpha value is -2.17. The zero-order valence-corrected chi connectivity index (χ0v) is 12.3. The SMILES string of the molecule is CN(CC(=O)O)CC1CN(c2ccc(F)cc2C#N)CCO1. The maximum atomic E-state index is 13.2. The molecule has 2 rings (SSSR count). The summed E-state index contributed by atoms with van der Waals surface area (Å²) in [5.74, 6) is -1.33. The summed E-state index contributed by atoms with van der Waals surface area (Å²) in [7, 11) is 1.72. The third-order valence-corrected chi connectivity index (χ3v) is 3.48. The lowest BCUT2D eigenvalue weighted by atomic mass is 10.1. The molecule has 6 nitrogen and oxygen atoms in total. The predicted molar refractivity (Wildman–Crippen MR) is 78.2 cm³/mol. The Morgan fingerprint density at radius 3 is 3.09 bits per heavy atom. The fraction of sp³-hybridized carbons (Fsp3) is 0.467. The molecule has 22 heavy (non-hydrogen) atoms. The molecule has 1 N–H and O–H groups in total. The Morgan fingerprint density at radius 2 is 2.41 bits per heavy atom. The quantitative estimate of drug-likeness (QED) is 0.871. The number of anilines is 1. The van der Waals surface area contributed by atoms with Crippen LogP contribution in [-0.4, -0.2) is 61.9 Å². The molecule has 7 heteroatoms. The summed E-state index contributed by atoms with van der Waals surface area (Å²) in [5, 5.41) is 17.9. The molecule has 1 atom stereocenters. The number of benzene rings is 1. The molecule has 0 aliphatic carbocycles. The zero-order chi connectivity index (χ0) is 16.1. The number of hydrogen-bond acceptors (Lipinski definition) is 5. The van der Waals surface area contributed by atoms with E-state index in [0.717, 1.165) is 0 Å². The van der Waals surface area contributed by atoms with E-state index in [1.165, 1.54) is 12.1 Å². The Labute approximate surface area is 128 Å². The van der Waals surface area contributed by atoms with Gasteiger partial charge in [0.25, 0.3) is 0 Å². The van der Waals surface area contributed by atoms with Gasteiger partial charge in [-0.3, -0.25) is 9.69 Å². The third kappa shape index (κ3) is 4.16. The second-order valence-electron chi connectivity index (χ2n) is 5.30. The van der Waals surface area contributed by atoms with E-state index >= 15 is 0 Å². The van der Waals surface area contributed by atoms with Crippen LogP contribution in [0.5, 0.6) is 0 Å². The van der Waals surface area contributed by atoms with E-state index in [2.05, 4.69) is 0 Å². The number of carboxylic acid groups (broad SMARTS) is 1. The monoisotopic (exact) mass is 307 g/mol. The first-order chi connectivity index (χ1) is 10.5. The molecule has 0 saturated carbocycles. The van der Waals surface area contributed by atoms with E-state index < -0.39 is 11.8 Å². The van der Waals surface area contributed by atoms with Gasteiger partial charge in [0, 0.05) is 19.6 Å². The van der Waals surface area contributed by atoms with Gasteiger partial charge in [-0.2, -0.15) is 5.26 Å². The molecule has 0 bridgehead atoms. The van der Waals surface area contributed by atoms with Crippen molar-refractivity contribution in [2.24, 2.45) is 0 Å². The number of ether oxygens (including phenoxy) is 1. The van der Waals surface area contributed by atoms with Gasteiger partial charge >= 0.3 is 5.97 Å². The van der Waals surface area contributed by atoms with Gasteiger partial charge in [-0.25, -0.2) is 4.39 Å². The Morgan fingerprint density at radius 1 is 1.64 bits per heavy atom. The molecule has 1 heterocycles. The highest BCUT2D eigenvalue weighted by molar-refractivity contribution is 5.69. The minimum Gasteiger partial charge on any atom is -0.480 e. The maximum absolute atomic E-state index is 13.2. The maximum Gasteiger partial charge on any atom is 0.317 e. The molecule has 1 saturated heterocycles. The molecule has 1 aliphatic rings. The number of aliphatic carboxylic acids is 1. The van der Waals surface area contributed by atoms with E-state index in [4.69, 9.17) is 15.1 Å². The molecule has 0 spiro atoms. The van der Waals surface area contributed by atoms with Crippen LogP contribution in [0.15, 0.2) is 18.2 Å². The largest absolute Gasteiger partial charge is 0.480 e. The Kier molecular flexibility index (Phi) is 5.31. The molecule has 1 aliphatic heterocycles. The normalized spacial score (nSPS) is 18.3. The van der Waals surface area contributed by atoms with Gasteiger partial charge in [0.05, 0.1) is 30.5 Å². The van der Waals surface area contributed by atoms with Crippen molar-refractivity contribution in [3.8, 4) is 6.07 Å². The highest BCUT2D eigenvalue weighted by atomic mass is 19.1. The van der Waals surface area contributed by atoms with Crippen LogP contribution in [0.25, 0.3) is 0 Å². The first-order valence-electron chi connectivity index (χ1n) is 6.96. The van der Waals surface area contributed by atoms with Crippen molar-refractivity contribution in [2.75, 3.05) is 44.7 Å². The number of likely N-dealkylation sites (N-methyl/N-ethyl adjacent to an activating group) is 1. The zero-order valence-electron chi connectivity index (χ0n) is 12.3. The summed E-state index contributed by atoms with van der Waals surface area (Å²) in [4.78, 5) is 14.3. The molecule has 1 unspecified atom stereocenters. The van der Waals surface area contributed by atoms with E-state index in [-0.39, 0.29) is 12.6 Å². The van der Waals surface area contributed by atoms with Crippen LogP contribution in [0.2, 0.25) is 0 Å². The average molecular weight is 307 g/mol. The highest BCUT2D eigenvalue weighted by Gasteiger charge is 2.24. The van der Waals surface area contributed by atoms with E-state index in [1.54, 1.807) is 18.0 Å². The van der Waals surface area contributed by atoms with Crippen LogP contribution in [0.4, 0.5) is 10.1 Å². The van der Waals surface area contributed by atoms with Gasteiger partial charge in [0.1, 0.15) is 11.9 Å². The van der Waals surface area contributed by atoms with Gasteiger partial charge in [0.15, 0.2) is 0 Å². The van der Waals surface area contributed by atoms with Crippen molar-refractivity contribution >= 4 is 11.7 Å². The predicted octanol–water partition coefficient (Wildman–Crippen LogP) is 0.919. The lowest BCUT2D eigenvalue weighted by Gasteiger charge is -2.36. The second kappa shape index (κ2) is 7.20. The highest BCUT2D eigenvalue weighted by Crippen LogP contribution is 2.23. The fourth-order valence-corrected chi connectivity index (χ4v) is 2.57. The van der Waals surface area contributed by atoms with E-state index in [9.17, 15) is 9.18 Å². The number of nitriles is 1. The first kappa shape index (κ1) is 16.2. The van der Waals surface area contributed by atoms with Crippen molar-refractivity contribution in [3.63, 3.8) is 0 Å². The van der Waals surface area contributed by atoms with Crippen LogP contribution >= 0.6 is 0 Å². The van der Waals surface area contributed by atoms with E-state index in [0.29, 0.717) is 37.5 Å². The van der Waals surface area contributed by atoms with Crippen molar-refractivity contribution < 1.29 is 19.0 Å². The van der Waals surface area contributed by atoms with Crippen molar-refractivity contribution in [2.45, 2.75) is 6.10 Å². The van der Waals surface area contributed by atoms with Crippen LogP contribution in [0.1, 0.15) is 5.56 Å². The minimum absolute atomic E-state index is 0.0557. The molecule has 1 aromatic rings. The number of rotatable bonds is 5. The van der Waals surface area contributed by atoms with Crippen LogP contribution in [0, 0.1) is 17.1 Å². The molecule has 0 radical (unpaired) electrons. The topological polar surface area (TPSA) is 76.8 Å². The van der Waals surface area contributed by atoms with Crippen LogP contribution in [-0.2, 0) is 9.53 Å². The second-order valence-corrected chi connectivity index (χ2v) is 5.30. The van der Waals surface area contributed by atoms with Gasteiger partial charge in [-0.05, 0) is 25.2 Å². The number of carbonyl (C=O) groups is 1. The standard InChI is InChI=1S/C15H18FN3O3/c1-18(10-15(20)21)8-13-9-19(4-5-22-13)14-3-2-12(16)6-11(14)7-17/h2-3,6,13H,4-5,8-10H2,1H3,(H,20,21). The molecule has 1 fully saturated rings. The van der Waals surface area contributed by atoms with Gasteiger partial charge < -0.3 is 14.7 Å². The minimum atomic E-state index is -0.888. The van der Waals surface area contributed by atoms with E-state index in [1.807, 2.05) is 11.0 Å². The summed E-state index contributed by atoms with van der Waals surface area (Å²) in [5.41, 5.74) is 0.970. The summed E-state index contributed by atoms with van der Waals surface area (Å²) in [6, 6.07) is 6.15. The molecule has 1 aromatic carbocycles. The third-order valence-electron chi connectivity index (χ3n) is 3.48. The number of hydrogen-bond donors (Lipinski definition) is 1. The molecular weight excluding hydrogens is 289 g/mol. The Balaban J connectivity index is 2.05. The van der Waals surface area contributed by atoms with Crippen LogP contribution in [0.3, 0.4) is 0 Å². The van der Waals surface area contributed by atoms with Gasteiger partial charge in [0.2, 0.25) is 0 Å². The average Bonchev–Trinajstić information content (AvgIpc) is 2.46. The summed E-state index contributed by atoms with van der Waals surface area (Å²) < 4.78 is 18.9. The summed E-state index contributed by atoms with van der Waals surface area (Å²) >= 11 is 0. The summed E-state index contributed by atoms with van der Waals surface area (Å²) in [6.07, 6.45) is -0.158.